The molecule has 0 aliphatic carbocycles. The van der Waals surface area contributed by atoms with Gasteiger partial charge in [0.2, 0.25) is 5.91 Å². The molecule has 2 aromatic heterocycles. The highest BCUT2D eigenvalue weighted by Gasteiger charge is 2.34. The standard InChI is InChI=1S/C24H24N2OS2/c27-23(17-25-12-8-19(9-13-25)18-5-2-1-3-6-18)26-14-10-21-20(11-16-29-21)24(26)22-7-4-15-28-22/h1-8,11,15-16,24H,9-10,12-14,17H2/t24-/m0/s1. The van der Waals surface area contributed by atoms with Crippen molar-refractivity contribution in [2.75, 3.05) is 26.2 Å². The van der Waals surface area contributed by atoms with Crippen LogP contribution in [-0.2, 0) is 11.2 Å². The Labute approximate surface area is 179 Å². The minimum Gasteiger partial charge on any atom is -0.329 e. The molecule has 0 fully saturated rings. The molecule has 148 valence electrons. The first-order valence-corrected chi connectivity index (χ1v) is 11.9. The van der Waals surface area contributed by atoms with E-state index in [1.165, 1.54) is 26.5 Å². The summed E-state index contributed by atoms with van der Waals surface area (Å²) in [6.45, 7) is 3.10. The Kier molecular flexibility index (Phi) is 5.36. The van der Waals surface area contributed by atoms with Gasteiger partial charge in [0.05, 0.1) is 12.6 Å². The van der Waals surface area contributed by atoms with Gasteiger partial charge in [-0.2, -0.15) is 0 Å². The average molecular weight is 421 g/mol. The number of amides is 1. The van der Waals surface area contributed by atoms with Crippen molar-refractivity contribution in [1.29, 1.82) is 0 Å². The van der Waals surface area contributed by atoms with E-state index in [-0.39, 0.29) is 11.9 Å². The van der Waals surface area contributed by atoms with E-state index in [4.69, 9.17) is 0 Å². The van der Waals surface area contributed by atoms with E-state index in [9.17, 15) is 4.79 Å². The topological polar surface area (TPSA) is 23.6 Å². The maximum Gasteiger partial charge on any atom is 0.237 e. The van der Waals surface area contributed by atoms with Gasteiger partial charge in [0.25, 0.3) is 0 Å². The van der Waals surface area contributed by atoms with Crippen LogP contribution in [0.4, 0.5) is 0 Å². The van der Waals surface area contributed by atoms with E-state index in [1.54, 1.807) is 11.3 Å². The van der Waals surface area contributed by atoms with Gasteiger partial charge in [0.1, 0.15) is 0 Å². The van der Waals surface area contributed by atoms with Gasteiger partial charge in [-0.05, 0) is 52.4 Å². The molecule has 5 rings (SSSR count). The van der Waals surface area contributed by atoms with Crippen molar-refractivity contribution in [3.8, 4) is 0 Å². The molecule has 1 aromatic carbocycles. The van der Waals surface area contributed by atoms with Gasteiger partial charge in [-0.3, -0.25) is 9.69 Å². The normalized spacial score (nSPS) is 19.7. The lowest BCUT2D eigenvalue weighted by Gasteiger charge is -2.37. The molecule has 29 heavy (non-hydrogen) atoms. The molecule has 0 radical (unpaired) electrons. The summed E-state index contributed by atoms with van der Waals surface area (Å²) in [6.07, 6.45) is 4.26. The number of rotatable bonds is 4. The Morgan fingerprint density at radius 1 is 0.966 bits per heavy atom. The molecule has 3 nitrogen and oxygen atoms in total. The second-order valence-electron chi connectivity index (χ2n) is 7.63. The number of hydrogen-bond acceptors (Lipinski definition) is 4. The molecule has 4 heterocycles. The molecule has 5 heteroatoms. The van der Waals surface area contributed by atoms with Crippen molar-refractivity contribution in [3.63, 3.8) is 0 Å². The van der Waals surface area contributed by atoms with Crippen LogP contribution in [0.25, 0.3) is 5.57 Å². The highest BCUT2D eigenvalue weighted by Crippen LogP contribution is 2.39. The molecule has 2 aliphatic rings. The first kappa shape index (κ1) is 18.8. The van der Waals surface area contributed by atoms with Crippen LogP contribution in [0.2, 0.25) is 0 Å². The van der Waals surface area contributed by atoms with Crippen LogP contribution in [-0.4, -0.2) is 41.9 Å². The van der Waals surface area contributed by atoms with Crippen LogP contribution in [0, 0.1) is 0 Å². The molecule has 0 unspecified atom stereocenters. The molecule has 0 saturated carbocycles. The summed E-state index contributed by atoms with van der Waals surface area (Å²) in [4.78, 5) is 20.4. The zero-order valence-corrected chi connectivity index (χ0v) is 17.9. The number of benzene rings is 1. The van der Waals surface area contributed by atoms with Crippen LogP contribution < -0.4 is 0 Å². The Morgan fingerprint density at radius 3 is 2.62 bits per heavy atom. The molecule has 0 saturated heterocycles. The number of thiophene rings is 2. The third kappa shape index (κ3) is 3.82. The minimum absolute atomic E-state index is 0.0812. The van der Waals surface area contributed by atoms with E-state index in [1.807, 2.05) is 11.3 Å². The molecule has 0 spiro atoms. The molecular formula is C24H24N2OS2. The zero-order chi connectivity index (χ0) is 19.6. The monoisotopic (exact) mass is 420 g/mol. The molecule has 1 amide bonds. The molecule has 0 N–H and O–H groups in total. The van der Waals surface area contributed by atoms with Crippen LogP contribution in [0.1, 0.15) is 33.3 Å². The summed E-state index contributed by atoms with van der Waals surface area (Å²) in [6, 6.07) is 17.1. The highest BCUT2D eigenvalue weighted by molar-refractivity contribution is 7.10. The maximum absolute atomic E-state index is 13.3. The summed E-state index contributed by atoms with van der Waals surface area (Å²) >= 11 is 3.57. The highest BCUT2D eigenvalue weighted by atomic mass is 32.1. The predicted molar refractivity (Wildman–Crippen MR) is 121 cm³/mol. The smallest absolute Gasteiger partial charge is 0.237 e. The number of carbonyl (C=O) groups is 1. The van der Waals surface area contributed by atoms with Gasteiger partial charge >= 0.3 is 0 Å². The summed E-state index contributed by atoms with van der Waals surface area (Å²) in [5, 5.41) is 4.28. The molecule has 2 aliphatic heterocycles. The van der Waals surface area contributed by atoms with Crippen molar-refractivity contribution in [3.05, 3.63) is 86.2 Å². The third-order valence-corrected chi connectivity index (χ3v) is 7.82. The summed E-state index contributed by atoms with van der Waals surface area (Å²) in [5.41, 5.74) is 4.02. The lowest BCUT2D eigenvalue weighted by Crippen LogP contribution is -2.45. The predicted octanol–water partition coefficient (Wildman–Crippen LogP) is 5.07. The quantitative estimate of drug-likeness (QED) is 0.588. The summed E-state index contributed by atoms with van der Waals surface area (Å²) in [5.74, 6) is 0.247. The van der Waals surface area contributed by atoms with Gasteiger partial charge < -0.3 is 4.90 Å². The summed E-state index contributed by atoms with van der Waals surface area (Å²) in [7, 11) is 0. The Balaban J connectivity index is 1.30. The first-order valence-electron chi connectivity index (χ1n) is 10.2. The second-order valence-corrected chi connectivity index (χ2v) is 9.61. The fourth-order valence-electron chi connectivity index (χ4n) is 4.39. The van der Waals surface area contributed by atoms with Crippen LogP contribution in [0.3, 0.4) is 0 Å². The fraction of sp³-hybridized carbons (Fsp3) is 0.292. The Hall–Kier alpha value is -2.21. The first-order chi connectivity index (χ1) is 14.3. The van der Waals surface area contributed by atoms with E-state index < -0.39 is 0 Å². The molecule has 1 atom stereocenters. The maximum atomic E-state index is 13.3. The van der Waals surface area contributed by atoms with Crippen LogP contribution >= 0.6 is 22.7 Å². The van der Waals surface area contributed by atoms with E-state index in [0.717, 1.165) is 32.5 Å². The van der Waals surface area contributed by atoms with Crippen molar-refractivity contribution >= 4 is 34.2 Å². The largest absolute Gasteiger partial charge is 0.329 e. The van der Waals surface area contributed by atoms with E-state index in [2.05, 4.69) is 75.2 Å². The SMILES string of the molecule is O=C(CN1CC=C(c2ccccc2)CC1)N1CCc2sccc2[C@H]1c1cccs1. The molecule has 3 aromatic rings. The van der Waals surface area contributed by atoms with Crippen molar-refractivity contribution in [1.82, 2.24) is 9.80 Å². The number of hydrogen-bond donors (Lipinski definition) is 0. The lowest BCUT2D eigenvalue weighted by molar-refractivity contribution is -0.134. The van der Waals surface area contributed by atoms with Crippen LogP contribution in [0.5, 0.6) is 0 Å². The van der Waals surface area contributed by atoms with Crippen molar-refractivity contribution in [2.24, 2.45) is 0 Å². The zero-order valence-electron chi connectivity index (χ0n) is 16.3. The van der Waals surface area contributed by atoms with Gasteiger partial charge in [-0.1, -0.05) is 42.5 Å². The van der Waals surface area contributed by atoms with E-state index in [0.29, 0.717) is 6.54 Å². The number of carbonyl (C=O) groups excluding carboxylic acids is 1. The van der Waals surface area contributed by atoms with Gasteiger partial charge in [-0.15, -0.1) is 22.7 Å². The minimum atomic E-state index is 0.0812. The van der Waals surface area contributed by atoms with Gasteiger partial charge in [0.15, 0.2) is 0 Å². The summed E-state index contributed by atoms with van der Waals surface area (Å²) < 4.78 is 0. The molecule has 0 bridgehead atoms. The second kappa shape index (κ2) is 8.27. The van der Waals surface area contributed by atoms with Crippen molar-refractivity contribution in [2.45, 2.75) is 18.9 Å². The Morgan fingerprint density at radius 2 is 1.86 bits per heavy atom. The average Bonchev–Trinajstić information content (AvgIpc) is 3.46. The lowest BCUT2D eigenvalue weighted by atomic mass is 9.98. The van der Waals surface area contributed by atoms with Crippen molar-refractivity contribution < 1.29 is 4.79 Å². The molecular weight excluding hydrogens is 396 g/mol. The van der Waals surface area contributed by atoms with Gasteiger partial charge in [-0.25, -0.2) is 0 Å². The Bertz CT molecular complexity index is 1010. The van der Waals surface area contributed by atoms with Gasteiger partial charge in [0, 0.05) is 29.4 Å². The van der Waals surface area contributed by atoms with Crippen LogP contribution in [0.15, 0.2) is 65.4 Å². The fourth-order valence-corrected chi connectivity index (χ4v) is 6.15. The third-order valence-electron chi connectivity index (χ3n) is 5.90. The number of nitrogens with zero attached hydrogens (tertiary/aromatic N) is 2. The number of fused-ring (bicyclic) bond motifs is 1. The van der Waals surface area contributed by atoms with E-state index >= 15 is 0 Å².